The normalized spacial score (nSPS) is 12.3. The summed E-state index contributed by atoms with van der Waals surface area (Å²) < 4.78 is 13.5. The maximum absolute atomic E-state index is 13.5. The summed E-state index contributed by atoms with van der Waals surface area (Å²) in [6, 6.07) is 3.19. The summed E-state index contributed by atoms with van der Waals surface area (Å²) in [6.45, 7) is 11.1. The molecule has 0 aliphatic heterocycles. The number of nitrogens with one attached hydrogen (secondary N) is 2. The molecular weight excluding hydrogens is 227 g/mol. The quantitative estimate of drug-likeness (QED) is 0.831. The average molecular weight is 248 g/mol. The van der Waals surface area contributed by atoms with E-state index in [0.29, 0.717) is 0 Å². The van der Waals surface area contributed by atoms with Crippen LogP contribution in [-0.4, -0.2) is 10.5 Å². The van der Waals surface area contributed by atoms with Crippen LogP contribution in [-0.2, 0) is 6.54 Å². The van der Waals surface area contributed by atoms with Gasteiger partial charge in [0, 0.05) is 28.7 Å². The zero-order chi connectivity index (χ0) is 13.5. The highest BCUT2D eigenvalue weighted by Gasteiger charge is 2.14. The molecule has 2 aromatic rings. The lowest BCUT2D eigenvalue weighted by Crippen LogP contribution is -2.35. The third kappa shape index (κ3) is 2.56. The monoisotopic (exact) mass is 248 g/mol. The maximum Gasteiger partial charge on any atom is 0.124 e. The maximum atomic E-state index is 13.5. The number of H-pyrrole nitrogens is 1. The molecule has 0 fully saturated rings. The zero-order valence-corrected chi connectivity index (χ0v) is 11.7. The van der Waals surface area contributed by atoms with Gasteiger partial charge in [-0.2, -0.15) is 0 Å². The largest absolute Gasteiger partial charge is 0.358 e. The van der Waals surface area contributed by atoms with Crippen molar-refractivity contribution in [2.75, 3.05) is 0 Å². The first-order valence-corrected chi connectivity index (χ1v) is 6.30. The molecule has 1 aromatic heterocycles. The molecule has 2 nitrogen and oxygen atoms in total. The van der Waals surface area contributed by atoms with Crippen molar-refractivity contribution in [1.82, 2.24) is 10.3 Å². The van der Waals surface area contributed by atoms with Crippen molar-refractivity contribution in [2.24, 2.45) is 0 Å². The van der Waals surface area contributed by atoms with E-state index in [1.165, 1.54) is 0 Å². The van der Waals surface area contributed by atoms with Gasteiger partial charge in [-0.05, 0) is 57.9 Å². The van der Waals surface area contributed by atoms with Gasteiger partial charge in [-0.15, -0.1) is 0 Å². The Balaban J connectivity index is 2.47. The fourth-order valence-electron chi connectivity index (χ4n) is 2.19. The van der Waals surface area contributed by atoms with Crippen LogP contribution >= 0.6 is 0 Å². The van der Waals surface area contributed by atoms with E-state index in [1.54, 1.807) is 12.1 Å². The highest BCUT2D eigenvalue weighted by molar-refractivity contribution is 5.87. The molecule has 2 rings (SSSR count). The Bertz CT molecular complexity index is 576. The first-order chi connectivity index (χ1) is 8.28. The molecule has 0 aliphatic rings. The molecular formula is C15H21FN2. The summed E-state index contributed by atoms with van der Waals surface area (Å²) in [5.74, 6) is -0.170. The molecule has 1 heterocycles. The molecule has 2 N–H and O–H groups in total. The van der Waals surface area contributed by atoms with E-state index in [4.69, 9.17) is 0 Å². The second-order valence-electron chi connectivity index (χ2n) is 5.98. The zero-order valence-electron chi connectivity index (χ0n) is 11.7. The molecule has 0 radical (unpaired) electrons. The molecule has 98 valence electrons. The fraction of sp³-hybridized carbons (Fsp3) is 0.467. The van der Waals surface area contributed by atoms with Crippen molar-refractivity contribution in [3.63, 3.8) is 0 Å². The topological polar surface area (TPSA) is 27.8 Å². The van der Waals surface area contributed by atoms with Crippen molar-refractivity contribution in [3.05, 3.63) is 34.8 Å². The lowest BCUT2D eigenvalue weighted by molar-refractivity contribution is 0.424. The van der Waals surface area contributed by atoms with Gasteiger partial charge in [-0.25, -0.2) is 4.39 Å². The number of rotatable bonds is 2. The van der Waals surface area contributed by atoms with Gasteiger partial charge >= 0.3 is 0 Å². The van der Waals surface area contributed by atoms with Crippen LogP contribution in [0, 0.1) is 19.7 Å². The standard InChI is InChI=1S/C15H21FN2/c1-9-6-11(16)7-12-13(8-17-15(3,4)5)10(2)18-14(9)12/h6-7,17-18H,8H2,1-5H3. The summed E-state index contributed by atoms with van der Waals surface area (Å²) in [7, 11) is 0. The molecule has 0 aliphatic carbocycles. The molecule has 0 bridgehead atoms. The van der Waals surface area contributed by atoms with Crippen molar-refractivity contribution in [3.8, 4) is 0 Å². The second kappa shape index (κ2) is 4.39. The lowest BCUT2D eigenvalue weighted by Gasteiger charge is -2.20. The van der Waals surface area contributed by atoms with Crippen molar-refractivity contribution in [1.29, 1.82) is 0 Å². The molecule has 18 heavy (non-hydrogen) atoms. The van der Waals surface area contributed by atoms with Gasteiger partial charge in [-0.1, -0.05) is 0 Å². The first-order valence-electron chi connectivity index (χ1n) is 6.30. The SMILES string of the molecule is Cc1[nH]c2c(C)cc(F)cc2c1CNC(C)(C)C. The summed E-state index contributed by atoms with van der Waals surface area (Å²) in [4.78, 5) is 3.35. The average Bonchev–Trinajstić information content (AvgIpc) is 2.51. The molecule has 0 unspecified atom stereocenters. The van der Waals surface area contributed by atoms with E-state index >= 15 is 0 Å². The molecule has 1 aromatic carbocycles. The third-order valence-electron chi connectivity index (χ3n) is 3.19. The highest BCUT2D eigenvalue weighted by Crippen LogP contribution is 2.26. The van der Waals surface area contributed by atoms with Crippen LogP contribution < -0.4 is 5.32 Å². The number of aryl methyl sites for hydroxylation is 2. The van der Waals surface area contributed by atoms with Crippen LogP contribution in [0.4, 0.5) is 4.39 Å². The Morgan fingerprint density at radius 3 is 2.50 bits per heavy atom. The predicted octanol–water partition coefficient (Wildman–Crippen LogP) is 3.81. The van der Waals surface area contributed by atoms with Crippen molar-refractivity contribution < 1.29 is 4.39 Å². The summed E-state index contributed by atoms with van der Waals surface area (Å²) >= 11 is 0. The molecule has 0 amide bonds. The Hall–Kier alpha value is -1.35. The Morgan fingerprint density at radius 2 is 1.89 bits per heavy atom. The van der Waals surface area contributed by atoms with E-state index in [9.17, 15) is 4.39 Å². The minimum atomic E-state index is -0.170. The van der Waals surface area contributed by atoms with Gasteiger partial charge in [0.05, 0.1) is 0 Å². The predicted molar refractivity (Wildman–Crippen MR) is 74.3 cm³/mol. The Kier molecular flexibility index (Phi) is 3.20. The third-order valence-corrected chi connectivity index (χ3v) is 3.19. The van der Waals surface area contributed by atoms with Crippen LogP contribution in [0.25, 0.3) is 10.9 Å². The number of hydrogen-bond acceptors (Lipinski definition) is 1. The minimum absolute atomic E-state index is 0.0540. The molecule has 0 spiro atoms. The van der Waals surface area contributed by atoms with Crippen LogP contribution in [0.15, 0.2) is 12.1 Å². The van der Waals surface area contributed by atoms with E-state index in [1.807, 2.05) is 13.8 Å². The molecule has 0 saturated heterocycles. The van der Waals surface area contributed by atoms with Gasteiger partial charge in [-0.3, -0.25) is 0 Å². The number of fused-ring (bicyclic) bond motifs is 1. The molecule has 0 saturated carbocycles. The van der Waals surface area contributed by atoms with Crippen LogP contribution in [0.5, 0.6) is 0 Å². The number of aromatic nitrogens is 1. The van der Waals surface area contributed by atoms with Gasteiger partial charge in [0.15, 0.2) is 0 Å². The molecule has 3 heteroatoms. The summed E-state index contributed by atoms with van der Waals surface area (Å²) in [5.41, 5.74) is 4.31. The number of aromatic amines is 1. The second-order valence-corrected chi connectivity index (χ2v) is 5.98. The van der Waals surface area contributed by atoms with Gasteiger partial charge < -0.3 is 10.3 Å². The first kappa shape index (κ1) is 13.1. The van der Waals surface area contributed by atoms with Crippen LogP contribution in [0.3, 0.4) is 0 Å². The van der Waals surface area contributed by atoms with Crippen molar-refractivity contribution in [2.45, 2.75) is 46.7 Å². The smallest absolute Gasteiger partial charge is 0.124 e. The summed E-state index contributed by atoms with van der Waals surface area (Å²) in [5, 5.41) is 4.44. The van der Waals surface area contributed by atoms with Crippen molar-refractivity contribution >= 4 is 10.9 Å². The summed E-state index contributed by atoms with van der Waals surface area (Å²) in [6.07, 6.45) is 0. The minimum Gasteiger partial charge on any atom is -0.358 e. The Labute approximate surface area is 108 Å². The van der Waals surface area contributed by atoms with E-state index in [-0.39, 0.29) is 11.4 Å². The van der Waals surface area contributed by atoms with Crippen LogP contribution in [0.1, 0.15) is 37.6 Å². The number of halogens is 1. The van der Waals surface area contributed by atoms with Gasteiger partial charge in [0.25, 0.3) is 0 Å². The fourth-order valence-corrected chi connectivity index (χ4v) is 2.19. The van der Waals surface area contributed by atoms with Gasteiger partial charge in [0.1, 0.15) is 5.82 Å². The molecule has 0 atom stereocenters. The van der Waals surface area contributed by atoms with Gasteiger partial charge in [0.2, 0.25) is 0 Å². The Morgan fingerprint density at radius 1 is 1.22 bits per heavy atom. The van der Waals surface area contributed by atoms with E-state index in [2.05, 4.69) is 31.1 Å². The van der Waals surface area contributed by atoms with E-state index < -0.39 is 0 Å². The lowest BCUT2D eigenvalue weighted by atomic mass is 10.1. The van der Waals surface area contributed by atoms with Crippen LogP contribution in [0.2, 0.25) is 0 Å². The number of benzene rings is 1. The van der Waals surface area contributed by atoms with E-state index in [0.717, 1.165) is 34.3 Å². The highest BCUT2D eigenvalue weighted by atomic mass is 19.1. The number of hydrogen-bond donors (Lipinski definition) is 2.